The smallest absolute Gasteiger partial charge is 0.416 e. The summed E-state index contributed by atoms with van der Waals surface area (Å²) in [7, 11) is -4.09. The molecule has 0 aliphatic carbocycles. The molecule has 0 spiro atoms. The van der Waals surface area contributed by atoms with Crippen LogP contribution in [0.1, 0.15) is 23.1 Å². The zero-order valence-corrected chi connectivity index (χ0v) is 21.6. The maximum atomic E-state index is 13.4. The number of benzene rings is 3. The van der Waals surface area contributed by atoms with E-state index >= 15 is 0 Å². The molecule has 0 saturated carbocycles. The molecule has 2 aliphatic heterocycles. The van der Waals surface area contributed by atoms with Gasteiger partial charge in [-0.1, -0.05) is 24.3 Å². The van der Waals surface area contributed by atoms with E-state index in [9.17, 15) is 21.6 Å². The predicted molar refractivity (Wildman–Crippen MR) is 136 cm³/mol. The second-order valence-corrected chi connectivity index (χ2v) is 11.5. The largest absolute Gasteiger partial charge is 0.489 e. The van der Waals surface area contributed by atoms with Crippen molar-refractivity contribution >= 4 is 10.0 Å². The first-order valence-electron chi connectivity index (χ1n) is 12.4. The average Bonchev–Trinajstić information content (AvgIpc) is 3.31. The van der Waals surface area contributed by atoms with Crippen LogP contribution in [0.25, 0.3) is 11.1 Å². The maximum absolute atomic E-state index is 13.4. The van der Waals surface area contributed by atoms with E-state index in [0.717, 1.165) is 47.4 Å². The summed E-state index contributed by atoms with van der Waals surface area (Å²) in [5.74, 6) is 1.27. The molecule has 0 radical (unpaired) electrons. The number of sulfonamides is 1. The van der Waals surface area contributed by atoms with Crippen molar-refractivity contribution in [2.24, 2.45) is 5.92 Å². The van der Waals surface area contributed by atoms with Crippen molar-refractivity contribution in [2.75, 3.05) is 33.0 Å². The normalized spacial score (nSPS) is 18.5. The van der Waals surface area contributed by atoms with Crippen LogP contribution in [-0.4, -0.2) is 45.7 Å². The Hall–Kier alpha value is -3.08. The minimum absolute atomic E-state index is 0.0126. The van der Waals surface area contributed by atoms with Gasteiger partial charge in [0.25, 0.3) is 0 Å². The fourth-order valence-corrected chi connectivity index (χ4v) is 6.11. The van der Waals surface area contributed by atoms with E-state index in [1.165, 1.54) is 4.31 Å². The number of hydrogen-bond donors (Lipinski definition) is 0. The minimum Gasteiger partial charge on any atom is -0.489 e. The highest BCUT2D eigenvalue weighted by Crippen LogP contribution is 2.40. The Kier molecular flexibility index (Phi) is 7.39. The molecule has 5 rings (SSSR count). The first-order chi connectivity index (χ1) is 18.1. The quantitative estimate of drug-likeness (QED) is 0.397. The van der Waals surface area contributed by atoms with Gasteiger partial charge in [0.05, 0.1) is 23.7 Å². The Bertz CT molecular complexity index is 1400. The Balaban J connectivity index is 1.50. The van der Waals surface area contributed by atoms with Crippen molar-refractivity contribution in [3.63, 3.8) is 0 Å². The Morgan fingerprint density at radius 1 is 1.05 bits per heavy atom. The van der Waals surface area contributed by atoms with Crippen molar-refractivity contribution in [2.45, 2.75) is 31.0 Å². The molecular weight excluding hydrogens is 519 g/mol. The number of nitrogens with zero attached hydrogens (tertiary/aromatic N) is 1. The summed E-state index contributed by atoms with van der Waals surface area (Å²) < 4.78 is 84.8. The van der Waals surface area contributed by atoms with E-state index in [1.54, 1.807) is 0 Å². The van der Waals surface area contributed by atoms with Crippen LogP contribution in [0, 0.1) is 12.8 Å². The van der Waals surface area contributed by atoms with Crippen molar-refractivity contribution < 1.29 is 35.8 Å². The van der Waals surface area contributed by atoms with Crippen molar-refractivity contribution in [1.29, 1.82) is 0 Å². The lowest BCUT2D eigenvalue weighted by molar-refractivity contribution is -0.137. The Morgan fingerprint density at radius 2 is 1.82 bits per heavy atom. The number of hydrogen-bond acceptors (Lipinski definition) is 5. The SMILES string of the molecule is Cc1ccccc1-c1cc2c(c(OC[C@@H]3CCOC3)c1)OCCN(S(=O)(=O)c1ccc(C(F)(F)F)cc1)C2. The van der Waals surface area contributed by atoms with Gasteiger partial charge in [-0.15, -0.1) is 0 Å². The zero-order chi connectivity index (χ0) is 26.9. The van der Waals surface area contributed by atoms with Gasteiger partial charge in [-0.2, -0.15) is 17.5 Å². The van der Waals surface area contributed by atoms with Crippen LogP contribution in [0.4, 0.5) is 13.2 Å². The fraction of sp³-hybridized carbons (Fsp3) is 0.357. The van der Waals surface area contributed by atoms with E-state index in [2.05, 4.69) is 0 Å². The summed E-state index contributed by atoms with van der Waals surface area (Å²) in [6.07, 6.45) is -3.65. The van der Waals surface area contributed by atoms with Gasteiger partial charge in [0.2, 0.25) is 10.0 Å². The molecule has 1 fully saturated rings. The number of ether oxygens (including phenoxy) is 3. The number of alkyl halides is 3. The number of fused-ring (bicyclic) bond motifs is 1. The molecule has 0 unspecified atom stereocenters. The third-order valence-corrected chi connectivity index (χ3v) is 8.70. The van der Waals surface area contributed by atoms with E-state index in [-0.39, 0.29) is 30.5 Å². The molecule has 2 aliphatic rings. The van der Waals surface area contributed by atoms with Gasteiger partial charge < -0.3 is 14.2 Å². The number of halogens is 3. The highest BCUT2D eigenvalue weighted by Gasteiger charge is 2.33. The summed E-state index contributed by atoms with van der Waals surface area (Å²) >= 11 is 0. The molecule has 0 bridgehead atoms. The Morgan fingerprint density at radius 3 is 2.50 bits per heavy atom. The molecule has 0 amide bonds. The van der Waals surface area contributed by atoms with Crippen LogP contribution in [0.15, 0.2) is 65.6 Å². The second kappa shape index (κ2) is 10.6. The van der Waals surface area contributed by atoms with E-state index < -0.39 is 21.8 Å². The molecule has 6 nitrogen and oxygen atoms in total. The van der Waals surface area contributed by atoms with E-state index in [1.807, 2.05) is 43.3 Å². The van der Waals surface area contributed by atoms with Crippen LogP contribution in [-0.2, 0) is 27.5 Å². The summed E-state index contributed by atoms with van der Waals surface area (Å²) in [6.45, 7) is 3.85. The van der Waals surface area contributed by atoms with Gasteiger partial charge in [-0.05, 0) is 66.4 Å². The highest BCUT2D eigenvalue weighted by molar-refractivity contribution is 7.89. The lowest BCUT2D eigenvalue weighted by Gasteiger charge is -2.21. The Labute approximate surface area is 220 Å². The fourth-order valence-electron chi connectivity index (χ4n) is 4.71. The van der Waals surface area contributed by atoms with Gasteiger partial charge in [-0.3, -0.25) is 0 Å². The molecule has 0 N–H and O–H groups in total. The summed E-state index contributed by atoms with van der Waals surface area (Å²) in [5, 5.41) is 0. The van der Waals surface area contributed by atoms with Crippen LogP contribution < -0.4 is 9.47 Å². The third-order valence-electron chi connectivity index (χ3n) is 6.84. The van der Waals surface area contributed by atoms with Crippen LogP contribution in [0.3, 0.4) is 0 Å². The minimum atomic E-state index is -4.55. The third kappa shape index (κ3) is 5.52. The molecule has 38 heavy (non-hydrogen) atoms. The second-order valence-electron chi connectivity index (χ2n) is 9.53. The summed E-state index contributed by atoms with van der Waals surface area (Å²) in [4.78, 5) is -0.207. The number of aryl methyl sites for hydroxylation is 1. The molecule has 2 heterocycles. The van der Waals surface area contributed by atoms with Crippen LogP contribution >= 0.6 is 0 Å². The van der Waals surface area contributed by atoms with E-state index in [4.69, 9.17) is 14.2 Å². The molecule has 1 saturated heterocycles. The van der Waals surface area contributed by atoms with Crippen molar-refractivity contribution in [1.82, 2.24) is 4.31 Å². The number of rotatable bonds is 6. The lowest BCUT2D eigenvalue weighted by atomic mass is 9.98. The first-order valence-corrected chi connectivity index (χ1v) is 13.8. The van der Waals surface area contributed by atoms with Gasteiger partial charge in [0, 0.05) is 31.2 Å². The molecule has 0 aromatic heterocycles. The molecule has 3 aromatic rings. The zero-order valence-electron chi connectivity index (χ0n) is 20.8. The first kappa shape index (κ1) is 26.5. The summed E-state index contributed by atoms with van der Waals surface area (Å²) in [5.41, 5.74) is 2.60. The predicted octanol–water partition coefficient (Wildman–Crippen LogP) is 5.68. The topological polar surface area (TPSA) is 65.1 Å². The van der Waals surface area contributed by atoms with Crippen molar-refractivity contribution in [3.8, 4) is 22.6 Å². The standard InChI is InChI=1S/C28H28F3NO5S/c1-19-4-2-3-5-25(19)21-14-22-16-32(38(33,34)24-8-6-23(7-9-24)28(29,30)31)11-13-36-27(22)26(15-21)37-18-20-10-12-35-17-20/h2-9,14-15,20H,10-13,16-18H2,1H3/t20-/m1/s1. The van der Waals surface area contributed by atoms with Crippen molar-refractivity contribution in [3.05, 3.63) is 77.4 Å². The summed E-state index contributed by atoms with van der Waals surface area (Å²) in [6, 6.07) is 15.2. The van der Waals surface area contributed by atoms with Gasteiger partial charge in [-0.25, -0.2) is 8.42 Å². The van der Waals surface area contributed by atoms with Gasteiger partial charge in [0.15, 0.2) is 11.5 Å². The average molecular weight is 548 g/mol. The van der Waals surface area contributed by atoms with Crippen LogP contribution in [0.2, 0.25) is 0 Å². The molecular formula is C28H28F3NO5S. The monoisotopic (exact) mass is 547 g/mol. The lowest BCUT2D eigenvalue weighted by Crippen LogP contribution is -2.32. The maximum Gasteiger partial charge on any atom is 0.416 e. The van der Waals surface area contributed by atoms with Gasteiger partial charge >= 0.3 is 6.18 Å². The molecule has 202 valence electrons. The molecule has 1 atom stereocenters. The highest BCUT2D eigenvalue weighted by atomic mass is 32.2. The van der Waals surface area contributed by atoms with Gasteiger partial charge in [0.1, 0.15) is 6.61 Å². The molecule has 10 heteroatoms. The molecule has 3 aromatic carbocycles. The van der Waals surface area contributed by atoms with Crippen LogP contribution in [0.5, 0.6) is 11.5 Å². The van der Waals surface area contributed by atoms with E-state index in [0.29, 0.717) is 36.9 Å².